The minimum atomic E-state index is -0.642. The van der Waals surface area contributed by atoms with Gasteiger partial charge in [-0.2, -0.15) is 0 Å². The third kappa shape index (κ3) is 7.54. The fourth-order valence-electron chi connectivity index (χ4n) is 1.18. The van der Waals surface area contributed by atoms with Crippen molar-refractivity contribution in [2.45, 2.75) is 27.2 Å². The normalized spacial score (nSPS) is 11.1. The van der Waals surface area contributed by atoms with Crippen molar-refractivity contribution in [3.05, 3.63) is 11.8 Å². The Morgan fingerprint density at radius 2 is 1.94 bits per heavy atom. The molecule has 0 aromatic rings. The maximum absolute atomic E-state index is 11.0. The third-order valence-corrected chi connectivity index (χ3v) is 2.23. The van der Waals surface area contributed by atoms with E-state index in [-0.39, 0.29) is 18.2 Å². The monoisotopic (exact) mass is 251 g/mol. The lowest BCUT2D eigenvalue weighted by atomic mass is 10.4. The zero-order valence-corrected chi connectivity index (χ0v) is 11.0. The highest BCUT2D eigenvalue weighted by molar-refractivity contribution is 5.85. The molecule has 16 heavy (non-hydrogen) atoms. The Morgan fingerprint density at radius 3 is 2.38 bits per heavy atom. The first-order valence-electron chi connectivity index (χ1n) is 5.40. The Balaban J connectivity index is 0. The van der Waals surface area contributed by atoms with Crippen molar-refractivity contribution in [1.82, 2.24) is 4.90 Å². The van der Waals surface area contributed by atoms with Gasteiger partial charge in [0.15, 0.2) is 5.76 Å². The van der Waals surface area contributed by atoms with E-state index in [1.54, 1.807) is 6.92 Å². The summed E-state index contributed by atoms with van der Waals surface area (Å²) in [4.78, 5) is 13.3. The molecular formula is C11H22ClNO3. The van der Waals surface area contributed by atoms with Crippen molar-refractivity contribution in [3.8, 4) is 0 Å². The number of aliphatic hydroxyl groups excluding tert-OH is 1. The Labute approximate surface area is 104 Å². The van der Waals surface area contributed by atoms with E-state index in [9.17, 15) is 4.79 Å². The number of rotatable bonds is 7. The average Bonchev–Trinajstić information content (AvgIpc) is 2.27. The lowest BCUT2D eigenvalue weighted by Crippen LogP contribution is -2.25. The predicted molar refractivity (Wildman–Crippen MR) is 67.0 cm³/mol. The van der Waals surface area contributed by atoms with Crippen molar-refractivity contribution in [1.29, 1.82) is 0 Å². The highest BCUT2D eigenvalue weighted by Gasteiger charge is 2.07. The molecule has 0 aliphatic heterocycles. The largest absolute Gasteiger partial charge is 0.502 e. The van der Waals surface area contributed by atoms with Crippen molar-refractivity contribution >= 4 is 18.4 Å². The van der Waals surface area contributed by atoms with Crippen LogP contribution < -0.4 is 0 Å². The Kier molecular flexibility index (Phi) is 11.9. The molecule has 0 aliphatic carbocycles. The molecule has 0 heterocycles. The summed E-state index contributed by atoms with van der Waals surface area (Å²) < 4.78 is 4.85. The standard InChI is InChI=1S/C11H21NO3.ClH/c1-4-10(13)11(14)15-9-7-8-12(5-2)6-3;/h4,13H,5-9H2,1-3H3;1H. The van der Waals surface area contributed by atoms with Gasteiger partial charge in [-0.05, 0) is 32.5 Å². The van der Waals surface area contributed by atoms with Gasteiger partial charge in [0.1, 0.15) is 0 Å². The second-order valence-electron chi connectivity index (χ2n) is 3.19. The summed E-state index contributed by atoms with van der Waals surface area (Å²) in [6.45, 7) is 9.06. The van der Waals surface area contributed by atoms with Crippen LogP contribution in [0.2, 0.25) is 0 Å². The number of allylic oxidation sites excluding steroid dienone is 1. The molecule has 0 fully saturated rings. The van der Waals surface area contributed by atoms with Gasteiger partial charge in [0.25, 0.3) is 0 Å². The van der Waals surface area contributed by atoms with Gasteiger partial charge in [-0.15, -0.1) is 12.4 Å². The maximum Gasteiger partial charge on any atom is 0.373 e. The van der Waals surface area contributed by atoms with E-state index in [0.29, 0.717) is 6.61 Å². The van der Waals surface area contributed by atoms with Gasteiger partial charge in [-0.25, -0.2) is 4.79 Å². The molecule has 0 rings (SSSR count). The van der Waals surface area contributed by atoms with Crippen molar-refractivity contribution < 1.29 is 14.6 Å². The molecule has 0 aromatic heterocycles. The van der Waals surface area contributed by atoms with E-state index in [4.69, 9.17) is 9.84 Å². The predicted octanol–water partition coefficient (Wildman–Crippen LogP) is 2.15. The molecule has 0 atom stereocenters. The molecule has 1 N–H and O–H groups in total. The molecule has 0 spiro atoms. The molecule has 0 aromatic carbocycles. The van der Waals surface area contributed by atoms with E-state index >= 15 is 0 Å². The van der Waals surface area contributed by atoms with Gasteiger partial charge < -0.3 is 14.7 Å². The summed E-state index contributed by atoms with van der Waals surface area (Å²) in [6.07, 6.45) is 2.12. The molecule has 0 saturated carbocycles. The first kappa shape index (κ1) is 17.6. The topological polar surface area (TPSA) is 49.8 Å². The van der Waals surface area contributed by atoms with Gasteiger partial charge in [-0.1, -0.05) is 13.8 Å². The summed E-state index contributed by atoms with van der Waals surface area (Å²) in [5.41, 5.74) is 0. The Hall–Kier alpha value is -0.740. The smallest absolute Gasteiger partial charge is 0.373 e. The maximum atomic E-state index is 11.0. The van der Waals surface area contributed by atoms with E-state index < -0.39 is 5.97 Å². The van der Waals surface area contributed by atoms with Gasteiger partial charge >= 0.3 is 5.97 Å². The Morgan fingerprint density at radius 1 is 1.38 bits per heavy atom. The van der Waals surface area contributed by atoms with Crippen LogP contribution in [0.4, 0.5) is 0 Å². The van der Waals surface area contributed by atoms with Crippen LogP contribution in [0.1, 0.15) is 27.2 Å². The van der Waals surface area contributed by atoms with Crippen molar-refractivity contribution in [2.75, 3.05) is 26.2 Å². The second-order valence-corrected chi connectivity index (χ2v) is 3.19. The summed E-state index contributed by atoms with van der Waals surface area (Å²) in [7, 11) is 0. The molecule has 0 amide bonds. The van der Waals surface area contributed by atoms with Gasteiger partial charge in [0.05, 0.1) is 6.61 Å². The molecule has 0 bridgehead atoms. The fraction of sp³-hybridized carbons (Fsp3) is 0.727. The lowest BCUT2D eigenvalue weighted by Gasteiger charge is -2.17. The summed E-state index contributed by atoms with van der Waals surface area (Å²) in [5.74, 6) is -0.963. The summed E-state index contributed by atoms with van der Waals surface area (Å²) >= 11 is 0. The zero-order chi connectivity index (χ0) is 11.7. The van der Waals surface area contributed by atoms with Crippen LogP contribution in [-0.4, -0.2) is 42.2 Å². The molecule has 96 valence electrons. The molecule has 0 saturated heterocycles. The first-order chi connectivity index (χ1) is 7.15. The quantitative estimate of drug-likeness (QED) is 0.326. The Bertz CT molecular complexity index is 215. The van der Waals surface area contributed by atoms with Crippen LogP contribution in [0.25, 0.3) is 0 Å². The molecular weight excluding hydrogens is 230 g/mol. The number of hydrogen-bond acceptors (Lipinski definition) is 4. The molecule has 0 radical (unpaired) electrons. The van der Waals surface area contributed by atoms with Crippen LogP contribution in [0, 0.1) is 0 Å². The minimum absolute atomic E-state index is 0. The SMILES string of the molecule is CC=C(O)C(=O)OCCCN(CC)CC.Cl. The van der Waals surface area contributed by atoms with Gasteiger partial charge in [0, 0.05) is 6.54 Å². The average molecular weight is 252 g/mol. The highest BCUT2D eigenvalue weighted by Crippen LogP contribution is 1.95. The third-order valence-electron chi connectivity index (χ3n) is 2.23. The first-order valence-corrected chi connectivity index (χ1v) is 5.40. The number of carbonyl (C=O) groups excluding carboxylic acids is 1. The van der Waals surface area contributed by atoms with Crippen LogP contribution >= 0.6 is 12.4 Å². The molecule has 5 heteroatoms. The van der Waals surface area contributed by atoms with Gasteiger partial charge in [-0.3, -0.25) is 0 Å². The summed E-state index contributed by atoms with van der Waals surface area (Å²) in [6, 6.07) is 0. The van der Waals surface area contributed by atoms with Crippen LogP contribution in [0.3, 0.4) is 0 Å². The number of nitrogens with zero attached hydrogens (tertiary/aromatic N) is 1. The number of ether oxygens (including phenoxy) is 1. The van der Waals surface area contributed by atoms with E-state index in [1.165, 1.54) is 6.08 Å². The zero-order valence-electron chi connectivity index (χ0n) is 10.2. The number of esters is 1. The minimum Gasteiger partial charge on any atom is -0.502 e. The van der Waals surface area contributed by atoms with Crippen molar-refractivity contribution in [3.63, 3.8) is 0 Å². The molecule has 4 nitrogen and oxygen atoms in total. The number of hydrogen-bond donors (Lipinski definition) is 1. The summed E-state index contributed by atoms with van der Waals surface area (Å²) in [5, 5.41) is 9.00. The lowest BCUT2D eigenvalue weighted by molar-refractivity contribution is -0.142. The van der Waals surface area contributed by atoms with Crippen molar-refractivity contribution in [2.24, 2.45) is 0 Å². The molecule has 0 unspecified atom stereocenters. The number of aliphatic hydroxyl groups is 1. The van der Waals surface area contributed by atoms with Crippen LogP contribution in [0.5, 0.6) is 0 Å². The van der Waals surface area contributed by atoms with E-state index in [0.717, 1.165) is 26.1 Å². The number of carbonyl (C=O) groups is 1. The van der Waals surface area contributed by atoms with Crippen LogP contribution in [-0.2, 0) is 9.53 Å². The van der Waals surface area contributed by atoms with E-state index in [1.807, 2.05) is 0 Å². The number of halogens is 1. The molecule has 0 aliphatic rings. The fourth-order valence-corrected chi connectivity index (χ4v) is 1.18. The van der Waals surface area contributed by atoms with E-state index in [2.05, 4.69) is 18.7 Å². The van der Waals surface area contributed by atoms with Gasteiger partial charge in [0.2, 0.25) is 0 Å². The highest BCUT2D eigenvalue weighted by atomic mass is 35.5. The van der Waals surface area contributed by atoms with Crippen LogP contribution in [0.15, 0.2) is 11.8 Å². The second kappa shape index (κ2) is 10.8.